The predicted molar refractivity (Wildman–Crippen MR) is 128 cm³/mol. The number of halogens is 1. The molecule has 4 rings (SSSR count). The number of nitrogens with zero attached hydrogens (tertiary/aromatic N) is 1. The Bertz CT molecular complexity index is 1080. The van der Waals surface area contributed by atoms with Gasteiger partial charge in [-0.2, -0.15) is 0 Å². The summed E-state index contributed by atoms with van der Waals surface area (Å²) in [6, 6.07) is 25.7. The van der Waals surface area contributed by atoms with Crippen molar-refractivity contribution in [2.24, 2.45) is 0 Å². The van der Waals surface area contributed by atoms with Crippen LogP contribution < -0.4 is 5.32 Å². The summed E-state index contributed by atoms with van der Waals surface area (Å²) in [5.74, 6) is -0.361. The van der Waals surface area contributed by atoms with E-state index in [4.69, 9.17) is 4.74 Å². The Morgan fingerprint density at radius 2 is 1.47 bits per heavy atom. The Morgan fingerprint density at radius 3 is 2.12 bits per heavy atom. The number of carbonyl (C=O) groups excluding carboxylic acids is 2. The summed E-state index contributed by atoms with van der Waals surface area (Å²) in [5.41, 5.74) is 2.54. The van der Waals surface area contributed by atoms with Crippen LogP contribution in [-0.2, 0) is 28.1 Å². The zero-order chi connectivity index (χ0) is 23.8. The number of hydrogen-bond acceptors (Lipinski definition) is 3. The quantitative estimate of drug-likeness (QED) is 0.527. The summed E-state index contributed by atoms with van der Waals surface area (Å²) in [4.78, 5) is 27.3. The SMILES string of the molecule is O=C(CC1(c2ccccc2)CCN(C(=O)OCc2ccccc2)CC1)NCc1ccc(F)cc1. The average Bonchev–Trinajstić information content (AvgIpc) is 2.88. The van der Waals surface area contributed by atoms with Gasteiger partial charge in [0.2, 0.25) is 5.91 Å². The van der Waals surface area contributed by atoms with Gasteiger partial charge in [0.15, 0.2) is 0 Å². The van der Waals surface area contributed by atoms with E-state index in [9.17, 15) is 14.0 Å². The smallest absolute Gasteiger partial charge is 0.410 e. The summed E-state index contributed by atoms with van der Waals surface area (Å²) >= 11 is 0. The minimum atomic E-state index is -0.357. The second-order valence-electron chi connectivity index (χ2n) is 8.75. The largest absolute Gasteiger partial charge is 0.445 e. The van der Waals surface area contributed by atoms with E-state index >= 15 is 0 Å². The van der Waals surface area contributed by atoms with Crippen LogP contribution in [0, 0.1) is 5.82 Å². The summed E-state index contributed by atoms with van der Waals surface area (Å²) in [6.45, 7) is 1.63. The Balaban J connectivity index is 1.37. The van der Waals surface area contributed by atoms with E-state index in [0.29, 0.717) is 38.9 Å². The fraction of sp³-hybridized carbons (Fsp3) is 0.286. The van der Waals surface area contributed by atoms with Gasteiger partial charge in [-0.05, 0) is 41.7 Å². The van der Waals surface area contributed by atoms with Gasteiger partial charge in [-0.3, -0.25) is 4.79 Å². The molecule has 3 aromatic rings. The lowest BCUT2D eigenvalue weighted by Crippen LogP contribution is -2.47. The summed E-state index contributed by atoms with van der Waals surface area (Å²) in [6.07, 6.45) is 1.33. The van der Waals surface area contributed by atoms with Gasteiger partial charge in [-0.25, -0.2) is 9.18 Å². The fourth-order valence-electron chi connectivity index (χ4n) is 4.46. The number of ether oxygens (including phenoxy) is 1. The van der Waals surface area contributed by atoms with Gasteiger partial charge in [0.1, 0.15) is 12.4 Å². The van der Waals surface area contributed by atoms with Gasteiger partial charge in [0.25, 0.3) is 0 Å². The highest BCUT2D eigenvalue weighted by atomic mass is 19.1. The molecule has 1 fully saturated rings. The van der Waals surface area contributed by atoms with Crippen molar-refractivity contribution in [1.82, 2.24) is 10.2 Å². The van der Waals surface area contributed by atoms with Crippen LogP contribution in [0.5, 0.6) is 0 Å². The molecule has 0 aromatic heterocycles. The van der Waals surface area contributed by atoms with Crippen molar-refractivity contribution in [1.29, 1.82) is 0 Å². The molecule has 34 heavy (non-hydrogen) atoms. The topological polar surface area (TPSA) is 58.6 Å². The molecule has 1 heterocycles. The normalized spacial score (nSPS) is 14.9. The van der Waals surface area contributed by atoms with Crippen LogP contribution in [0.15, 0.2) is 84.9 Å². The Kier molecular flexibility index (Phi) is 7.58. The van der Waals surface area contributed by atoms with Crippen LogP contribution in [-0.4, -0.2) is 30.0 Å². The van der Waals surface area contributed by atoms with Crippen molar-refractivity contribution in [3.05, 3.63) is 107 Å². The first kappa shape index (κ1) is 23.5. The average molecular weight is 461 g/mol. The van der Waals surface area contributed by atoms with Gasteiger partial charge in [0.05, 0.1) is 0 Å². The van der Waals surface area contributed by atoms with E-state index in [-0.39, 0.29) is 29.8 Å². The van der Waals surface area contributed by atoms with Crippen LogP contribution in [0.3, 0.4) is 0 Å². The summed E-state index contributed by atoms with van der Waals surface area (Å²) in [7, 11) is 0. The molecule has 0 bridgehead atoms. The molecule has 176 valence electrons. The molecule has 1 N–H and O–H groups in total. The van der Waals surface area contributed by atoms with Crippen LogP contribution in [0.2, 0.25) is 0 Å². The third kappa shape index (κ3) is 6.01. The number of piperidine rings is 1. The third-order valence-electron chi connectivity index (χ3n) is 6.47. The second-order valence-corrected chi connectivity index (χ2v) is 8.75. The van der Waals surface area contributed by atoms with E-state index in [1.165, 1.54) is 12.1 Å². The number of likely N-dealkylation sites (tertiary alicyclic amines) is 1. The lowest BCUT2D eigenvalue weighted by atomic mass is 9.70. The van der Waals surface area contributed by atoms with Gasteiger partial charge in [-0.1, -0.05) is 72.8 Å². The van der Waals surface area contributed by atoms with Crippen LogP contribution in [0.25, 0.3) is 0 Å². The number of carbonyl (C=O) groups is 2. The maximum absolute atomic E-state index is 13.1. The van der Waals surface area contributed by atoms with Crippen molar-refractivity contribution in [2.75, 3.05) is 13.1 Å². The molecule has 1 saturated heterocycles. The Labute approximate surface area is 199 Å². The molecule has 2 amide bonds. The third-order valence-corrected chi connectivity index (χ3v) is 6.47. The monoisotopic (exact) mass is 460 g/mol. The van der Waals surface area contributed by atoms with Crippen molar-refractivity contribution in [3.63, 3.8) is 0 Å². The lowest BCUT2D eigenvalue weighted by Gasteiger charge is -2.41. The maximum Gasteiger partial charge on any atom is 0.410 e. The Morgan fingerprint density at radius 1 is 0.853 bits per heavy atom. The minimum Gasteiger partial charge on any atom is -0.445 e. The number of benzene rings is 3. The summed E-state index contributed by atoms with van der Waals surface area (Å²) < 4.78 is 18.6. The standard InChI is InChI=1S/C28H29FN2O3/c29-25-13-11-22(12-14-25)20-30-26(32)19-28(24-9-5-2-6-10-24)15-17-31(18-16-28)27(33)34-21-23-7-3-1-4-8-23/h1-14H,15-21H2,(H,30,32). The molecule has 0 radical (unpaired) electrons. The second kappa shape index (κ2) is 11.0. The molecule has 3 aromatic carbocycles. The van der Waals surface area contributed by atoms with Crippen molar-refractivity contribution >= 4 is 12.0 Å². The van der Waals surface area contributed by atoms with Crippen LogP contribution in [0.4, 0.5) is 9.18 Å². The molecular formula is C28H29FN2O3. The Hall–Kier alpha value is -3.67. The van der Waals surface area contributed by atoms with Gasteiger partial charge in [-0.15, -0.1) is 0 Å². The molecule has 0 unspecified atom stereocenters. The molecule has 0 spiro atoms. The highest BCUT2D eigenvalue weighted by Gasteiger charge is 2.39. The predicted octanol–water partition coefficient (Wildman–Crippen LogP) is 5.20. The zero-order valence-electron chi connectivity index (χ0n) is 19.1. The molecule has 0 saturated carbocycles. The fourth-order valence-corrected chi connectivity index (χ4v) is 4.46. The number of nitrogens with one attached hydrogen (secondary N) is 1. The zero-order valence-corrected chi connectivity index (χ0v) is 19.1. The van der Waals surface area contributed by atoms with Crippen molar-refractivity contribution < 1.29 is 18.7 Å². The van der Waals surface area contributed by atoms with Crippen molar-refractivity contribution in [2.45, 2.75) is 37.8 Å². The van der Waals surface area contributed by atoms with E-state index in [0.717, 1.165) is 16.7 Å². The molecular weight excluding hydrogens is 431 g/mol. The highest BCUT2D eigenvalue weighted by molar-refractivity contribution is 5.78. The first-order chi connectivity index (χ1) is 16.5. The van der Waals surface area contributed by atoms with Gasteiger partial charge in [0, 0.05) is 31.5 Å². The first-order valence-corrected chi connectivity index (χ1v) is 11.6. The highest BCUT2D eigenvalue weighted by Crippen LogP contribution is 2.39. The lowest BCUT2D eigenvalue weighted by molar-refractivity contribution is -0.123. The van der Waals surface area contributed by atoms with Crippen molar-refractivity contribution in [3.8, 4) is 0 Å². The van der Waals surface area contributed by atoms with Crippen LogP contribution in [0.1, 0.15) is 36.0 Å². The van der Waals surface area contributed by atoms with Gasteiger partial charge < -0.3 is 15.0 Å². The molecule has 1 aliphatic heterocycles. The van der Waals surface area contributed by atoms with E-state index in [1.807, 2.05) is 48.5 Å². The van der Waals surface area contributed by atoms with Crippen LogP contribution >= 0.6 is 0 Å². The first-order valence-electron chi connectivity index (χ1n) is 11.6. The molecule has 5 nitrogen and oxygen atoms in total. The van der Waals surface area contributed by atoms with Gasteiger partial charge >= 0.3 is 6.09 Å². The number of hydrogen-bond donors (Lipinski definition) is 1. The number of amides is 2. The van der Waals surface area contributed by atoms with E-state index < -0.39 is 0 Å². The molecule has 0 atom stereocenters. The number of rotatable bonds is 7. The maximum atomic E-state index is 13.1. The van der Waals surface area contributed by atoms with E-state index in [2.05, 4.69) is 17.4 Å². The van der Waals surface area contributed by atoms with E-state index in [1.54, 1.807) is 17.0 Å². The molecule has 6 heteroatoms. The minimum absolute atomic E-state index is 0.0618. The molecule has 1 aliphatic rings. The molecule has 0 aliphatic carbocycles. The summed E-state index contributed by atoms with van der Waals surface area (Å²) in [5, 5.41) is 2.97.